The third-order valence-electron chi connectivity index (χ3n) is 5.52. The lowest BCUT2D eigenvalue weighted by atomic mass is 9.87. The third kappa shape index (κ3) is 4.62. The number of fused-ring (bicyclic) bond motifs is 1. The zero-order valence-electron chi connectivity index (χ0n) is 17.4. The highest BCUT2D eigenvalue weighted by atomic mass is 32.1. The van der Waals surface area contributed by atoms with E-state index in [9.17, 15) is 4.79 Å². The van der Waals surface area contributed by atoms with Gasteiger partial charge in [0, 0.05) is 24.1 Å². The first kappa shape index (κ1) is 20.4. The van der Waals surface area contributed by atoms with Crippen LogP contribution in [-0.2, 0) is 17.8 Å². The molecule has 1 amide bonds. The van der Waals surface area contributed by atoms with Crippen molar-refractivity contribution in [1.82, 2.24) is 9.88 Å². The molecule has 30 heavy (non-hydrogen) atoms. The fraction of sp³-hybridized carbons (Fsp3) is 0.280. The van der Waals surface area contributed by atoms with Crippen LogP contribution in [-0.4, -0.2) is 22.8 Å². The molecule has 1 aromatic heterocycles. The topological polar surface area (TPSA) is 42.4 Å². The number of para-hydroxylation sites is 1. The van der Waals surface area contributed by atoms with Crippen LogP contribution < -0.4 is 4.74 Å². The van der Waals surface area contributed by atoms with E-state index in [2.05, 4.69) is 29.2 Å². The summed E-state index contributed by atoms with van der Waals surface area (Å²) in [6.07, 6.45) is 6.69. The number of hydrogen-bond acceptors (Lipinski definition) is 4. The number of rotatable bonds is 6. The lowest BCUT2D eigenvalue weighted by Gasteiger charge is -2.32. The van der Waals surface area contributed by atoms with Gasteiger partial charge in [0.1, 0.15) is 12.4 Å². The Balaban J connectivity index is 1.45. The molecule has 0 radical (unpaired) electrons. The van der Waals surface area contributed by atoms with Crippen LogP contribution in [0.2, 0.25) is 0 Å². The molecule has 4 rings (SSSR count). The van der Waals surface area contributed by atoms with Crippen LogP contribution >= 0.6 is 11.3 Å². The van der Waals surface area contributed by atoms with Crippen LogP contribution in [0.15, 0.2) is 60.0 Å². The Kier molecular flexibility index (Phi) is 6.29. The fourth-order valence-corrected chi connectivity index (χ4v) is 4.54. The van der Waals surface area contributed by atoms with E-state index in [1.165, 1.54) is 11.1 Å². The Hall–Kier alpha value is -2.92. The summed E-state index contributed by atoms with van der Waals surface area (Å²) in [5.41, 5.74) is 4.43. The van der Waals surface area contributed by atoms with Crippen molar-refractivity contribution in [2.75, 3.05) is 7.05 Å². The van der Waals surface area contributed by atoms with Crippen LogP contribution in [0.25, 0.3) is 6.08 Å². The van der Waals surface area contributed by atoms with Crippen LogP contribution in [0.1, 0.15) is 46.3 Å². The zero-order chi connectivity index (χ0) is 20.9. The molecular formula is C25H26N2O2S. The van der Waals surface area contributed by atoms with Gasteiger partial charge in [-0.3, -0.25) is 4.79 Å². The fourth-order valence-electron chi connectivity index (χ4n) is 3.94. The molecule has 4 nitrogen and oxygen atoms in total. The maximum atomic E-state index is 12.9. The molecule has 0 bridgehead atoms. The Bertz CT molecular complexity index is 1060. The Morgan fingerprint density at radius 3 is 2.87 bits per heavy atom. The van der Waals surface area contributed by atoms with Gasteiger partial charge >= 0.3 is 0 Å². The van der Waals surface area contributed by atoms with Crippen molar-refractivity contribution in [3.05, 3.63) is 87.4 Å². The first-order valence-corrected chi connectivity index (χ1v) is 11.2. The van der Waals surface area contributed by atoms with E-state index < -0.39 is 0 Å². The van der Waals surface area contributed by atoms with Gasteiger partial charge in [-0.1, -0.05) is 42.5 Å². The molecule has 0 unspecified atom stereocenters. The quantitative estimate of drug-likeness (QED) is 0.491. The maximum Gasteiger partial charge on any atom is 0.246 e. The van der Waals surface area contributed by atoms with Crippen LogP contribution in [0, 0.1) is 6.92 Å². The number of carbonyl (C=O) groups excluding carboxylic acids is 1. The van der Waals surface area contributed by atoms with Crippen molar-refractivity contribution in [2.24, 2.45) is 0 Å². The van der Waals surface area contributed by atoms with Gasteiger partial charge in [0.15, 0.2) is 0 Å². The van der Waals surface area contributed by atoms with E-state index in [4.69, 9.17) is 4.74 Å². The van der Waals surface area contributed by atoms with Crippen molar-refractivity contribution in [3.63, 3.8) is 0 Å². The van der Waals surface area contributed by atoms with Crippen molar-refractivity contribution < 1.29 is 9.53 Å². The lowest BCUT2D eigenvalue weighted by molar-refractivity contribution is -0.127. The summed E-state index contributed by atoms with van der Waals surface area (Å²) >= 11 is 1.61. The average Bonchev–Trinajstić information content (AvgIpc) is 3.20. The number of likely N-dealkylation sites (N-methyl/N-ethyl adjacent to an activating group) is 1. The third-order valence-corrected chi connectivity index (χ3v) is 6.34. The van der Waals surface area contributed by atoms with Gasteiger partial charge in [-0.15, -0.1) is 11.3 Å². The molecule has 0 saturated carbocycles. The van der Waals surface area contributed by atoms with Crippen molar-refractivity contribution in [2.45, 2.75) is 38.8 Å². The molecule has 1 atom stereocenters. The molecule has 5 heteroatoms. The van der Waals surface area contributed by atoms with E-state index in [-0.39, 0.29) is 11.9 Å². The van der Waals surface area contributed by atoms with Gasteiger partial charge in [-0.25, -0.2) is 4.98 Å². The van der Waals surface area contributed by atoms with Crippen LogP contribution in [0.3, 0.4) is 0 Å². The number of thiazole rings is 1. The predicted octanol–water partition coefficient (Wildman–Crippen LogP) is 5.58. The number of nitrogens with zero attached hydrogens (tertiary/aromatic N) is 2. The molecule has 0 fully saturated rings. The van der Waals surface area contributed by atoms with Crippen molar-refractivity contribution >= 4 is 23.3 Å². The summed E-state index contributed by atoms with van der Waals surface area (Å²) in [7, 11) is 1.90. The second kappa shape index (κ2) is 9.26. The summed E-state index contributed by atoms with van der Waals surface area (Å²) in [5, 5.41) is 3.04. The average molecular weight is 419 g/mol. The smallest absolute Gasteiger partial charge is 0.246 e. The van der Waals surface area contributed by atoms with Crippen LogP contribution in [0.4, 0.5) is 0 Å². The van der Waals surface area contributed by atoms with Gasteiger partial charge in [-0.05, 0) is 49.5 Å². The van der Waals surface area contributed by atoms with E-state index in [1.54, 1.807) is 17.4 Å². The first-order valence-electron chi connectivity index (χ1n) is 10.3. The van der Waals surface area contributed by atoms with E-state index in [0.717, 1.165) is 41.3 Å². The largest absolute Gasteiger partial charge is 0.487 e. The Morgan fingerprint density at radius 2 is 2.03 bits per heavy atom. The molecule has 1 aliphatic rings. The van der Waals surface area contributed by atoms with E-state index in [0.29, 0.717) is 6.61 Å². The summed E-state index contributed by atoms with van der Waals surface area (Å²) in [5.74, 6) is 0.750. The summed E-state index contributed by atoms with van der Waals surface area (Å²) in [6, 6.07) is 16.4. The molecule has 0 saturated heterocycles. The maximum absolute atomic E-state index is 12.9. The number of amides is 1. The number of ether oxygens (including phenoxy) is 1. The minimum atomic E-state index is 0.00151. The molecule has 154 valence electrons. The highest BCUT2D eigenvalue weighted by molar-refractivity contribution is 7.09. The summed E-state index contributed by atoms with van der Waals surface area (Å²) < 4.78 is 5.96. The number of aromatic nitrogens is 1. The molecule has 1 heterocycles. The Morgan fingerprint density at radius 1 is 1.23 bits per heavy atom. The van der Waals surface area contributed by atoms with Crippen molar-refractivity contribution in [1.29, 1.82) is 0 Å². The van der Waals surface area contributed by atoms with Gasteiger partial charge < -0.3 is 9.64 Å². The SMILES string of the molecule is Cc1nc(COc2ccccc2/C=C/C(=O)N(C)[C@@H]2CCCc3ccccc32)cs1. The number of hydrogen-bond donors (Lipinski definition) is 0. The monoisotopic (exact) mass is 418 g/mol. The van der Waals surface area contributed by atoms with Gasteiger partial charge in [0.2, 0.25) is 5.91 Å². The predicted molar refractivity (Wildman–Crippen MR) is 122 cm³/mol. The number of aryl methyl sites for hydroxylation is 2. The van der Waals surface area contributed by atoms with Gasteiger partial charge in [0.25, 0.3) is 0 Å². The highest BCUT2D eigenvalue weighted by Crippen LogP contribution is 2.33. The number of carbonyl (C=O) groups is 1. The van der Waals surface area contributed by atoms with Crippen LogP contribution in [0.5, 0.6) is 5.75 Å². The number of benzene rings is 2. The Labute approximate surface area is 181 Å². The molecule has 3 aromatic rings. The molecule has 0 N–H and O–H groups in total. The highest BCUT2D eigenvalue weighted by Gasteiger charge is 2.25. The first-order chi connectivity index (χ1) is 14.6. The summed E-state index contributed by atoms with van der Waals surface area (Å²) in [6.45, 7) is 2.40. The molecule has 0 aliphatic heterocycles. The standard InChI is InChI=1S/C25H26N2O2S/c1-18-26-21(17-30-18)16-29-24-13-6-4-9-20(24)14-15-25(28)27(2)23-12-7-10-19-8-3-5-11-22(19)23/h3-6,8-9,11,13-15,17,23H,7,10,12,16H2,1-2H3/b15-14+/t23-/m1/s1. The second-order valence-corrected chi connectivity index (χ2v) is 8.64. The van der Waals surface area contributed by atoms with Crippen molar-refractivity contribution in [3.8, 4) is 5.75 Å². The molecule has 0 spiro atoms. The van der Waals surface area contributed by atoms with Gasteiger partial charge in [-0.2, -0.15) is 0 Å². The zero-order valence-corrected chi connectivity index (χ0v) is 18.2. The molecule has 2 aromatic carbocycles. The summed E-state index contributed by atoms with van der Waals surface area (Å²) in [4.78, 5) is 19.2. The lowest BCUT2D eigenvalue weighted by Crippen LogP contribution is -2.32. The molecular weight excluding hydrogens is 392 g/mol. The normalized spacial score (nSPS) is 15.7. The molecule has 1 aliphatic carbocycles. The van der Waals surface area contributed by atoms with E-state index >= 15 is 0 Å². The van der Waals surface area contributed by atoms with E-state index in [1.807, 2.05) is 54.6 Å². The van der Waals surface area contributed by atoms with Gasteiger partial charge in [0.05, 0.1) is 16.7 Å². The minimum Gasteiger partial charge on any atom is -0.487 e. The second-order valence-electron chi connectivity index (χ2n) is 7.57. The minimum absolute atomic E-state index is 0.00151.